The van der Waals surface area contributed by atoms with Crippen molar-refractivity contribution in [3.63, 3.8) is 0 Å². The molecule has 8 rings (SSSR count). The van der Waals surface area contributed by atoms with E-state index >= 15 is 0 Å². The number of hydrogen-bond donors (Lipinski definition) is 0. The molecule has 1 aliphatic heterocycles. The number of hydrogen-bond acceptors (Lipinski definition) is 4. The fraction of sp³-hybridized carbons (Fsp3) is 0.275. The molecule has 0 bridgehead atoms. The average Bonchev–Trinajstić information content (AvgIpc) is 3.67. The Bertz CT molecular complexity index is 2600. The Kier molecular flexibility index (Phi) is 9.11. The minimum atomic E-state index is -0.197. The van der Waals surface area contributed by atoms with Crippen LogP contribution in [0.2, 0.25) is 0 Å². The van der Waals surface area contributed by atoms with Crippen LogP contribution in [0.4, 0.5) is 11.4 Å². The highest BCUT2D eigenvalue weighted by Gasteiger charge is 2.29. The van der Waals surface area contributed by atoms with E-state index in [-0.39, 0.29) is 16.2 Å². The Morgan fingerprint density at radius 3 is 1.84 bits per heavy atom. The Morgan fingerprint density at radius 1 is 0.500 bits per heavy atom. The molecule has 0 saturated carbocycles. The summed E-state index contributed by atoms with van der Waals surface area (Å²) < 4.78 is 9.15. The Morgan fingerprint density at radius 2 is 1.14 bits per heavy atom. The molecule has 284 valence electrons. The summed E-state index contributed by atoms with van der Waals surface area (Å²) in [6, 6.07) is 45.9. The van der Waals surface area contributed by atoms with Crippen LogP contribution in [0.5, 0.6) is 11.5 Å². The maximum Gasteiger partial charge on any atom is 0.137 e. The summed E-state index contributed by atoms with van der Waals surface area (Å²) in [4.78, 5) is 9.78. The fourth-order valence-corrected chi connectivity index (χ4v) is 8.01. The van der Waals surface area contributed by atoms with E-state index in [0.717, 1.165) is 46.1 Å². The number of pyridine rings is 1. The van der Waals surface area contributed by atoms with Crippen molar-refractivity contribution >= 4 is 33.2 Å². The predicted octanol–water partition coefficient (Wildman–Crippen LogP) is 13.4. The Balaban J connectivity index is 1.17. The summed E-state index contributed by atoms with van der Waals surface area (Å²) in [7, 11) is 0. The SMILES string of the molecule is CC1=C(C)N(c2cc(Oc3ccc4c5ccccc5n(-c5cc(C(C)(C)c6ccccc6)ccn5)c4c3)cc(C(C)(C)C)c2)CN1c1ccc(C(C)(C)C)cc1. The topological polar surface area (TPSA) is 33.5 Å². The lowest BCUT2D eigenvalue weighted by atomic mass is 9.78. The third kappa shape index (κ3) is 6.74. The number of benzene rings is 5. The molecule has 0 N–H and O–H groups in total. The highest BCUT2D eigenvalue weighted by molar-refractivity contribution is 6.09. The van der Waals surface area contributed by atoms with Crippen LogP contribution < -0.4 is 14.5 Å². The predicted molar refractivity (Wildman–Crippen MR) is 236 cm³/mol. The number of anilines is 2. The minimum absolute atomic E-state index is 0.0798. The van der Waals surface area contributed by atoms with Gasteiger partial charge >= 0.3 is 0 Å². The molecular weight excluding hydrogens is 685 g/mol. The van der Waals surface area contributed by atoms with Crippen molar-refractivity contribution in [1.29, 1.82) is 0 Å². The number of ether oxygens (including phenoxy) is 1. The van der Waals surface area contributed by atoms with Gasteiger partial charge in [0.1, 0.15) is 17.3 Å². The molecule has 0 amide bonds. The van der Waals surface area contributed by atoms with Gasteiger partial charge in [0.05, 0.1) is 17.7 Å². The molecule has 1 aliphatic rings. The molecule has 2 aromatic heterocycles. The van der Waals surface area contributed by atoms with Gasteiger partial charge in [0.2, 0.25) is 0 Å². The summed E-state index contributed by atoms with van der Waals surface area (Å²) in [5, 5.41) is 2.35. The molecule has 0 radical (unpaired) electrons. The highest BCUT2D eigenvalue weighted by atomic mass is 16.5. The van der Waals surface area contributed by atoms with Gasteiger partial charge in [-0.1, -0.05) is 116 Å². The first kappa shape index (κ1) is 37.1. The molecule has 0 atom stereocenters. The summed E-state index contributed by atoms with van der Waals surface area (Å²) in [5.74, 6) is 2.48. The maximum absolute atomic E-state index is 6.87. The number of fused-ring (bicyclic) bond motifs is 3. The number of nitrogens with zero attached hydrogens (tertiary/aromatic N) is 4. The van der Waals surface area contributed by atoms with Gasteiger partial charge in [-0.3, -0.25) is 4.57 Å². The van der Waals surface area contributed by atoms with Crippen LogP contribution in [0, 0.1) is 0 Å². The molecule has 0 unspecified atom stereocenters. The number of rotatable bonds is 7. The van der Waals surface area contributed by atoms with Gasteiger partial charge in [-0.2, -0.15) is 0 Å². The molecule has 56 heavy (non-hydrogen) atoms. The lowest BCUT2D eigenvalue weighted by Gasteiger charge is -2.27. The van der Waals surface area contributed by atoms with Crippen LogP contribution in [0.1, 0.15) is 91.5 Å². The second-order valence-electron chi connectivity index (χ2n) is 18.0. The van der Waals surface area contributed by atoms with Crippen LogP contribution in [0.25, 0.3) is 27.6 Å². The van der Waals surface area contributed by atoms with Crippen molar-refractivity contribution < 1.29 is 4.74 Å². The number of para-hydroxylation sites is 1. The van der Waals surface area contributed by atoms with Crippen molar-refractivity contribution in [1.82, 2.24) is 9.55 Å². The first-order chi connectivity index (χ1) is 26.6. The van der Waals surface area contributed by atoms with E-state index in [2.05, 4.69) is 211 Å². The van der Waals surface area contributed by atoms with Gasteiger partial charge in [0, 0.05) is 57.3 Å². The Labute approximate surface area is 332 Å². The van der Waals surface area contributed by atoms with Gasteiger partial charge in [0.15, 0.2) is 0 Å². The highest BCUT2D eigenvalue weighted by Crippen LogP contribution is 2.41. The van der Waals surface area contributed by atoms with E-state index in [1.54, 1.807) is 0 Å². The number of aromatic nitrogens is 2. The van der Waals surface area contributed by atoms with Crippen LogP contribution in [0.3, 0.4) is 0 Å². The van der Waals surface area contributed by atoms with Crippen LogP contribution in [-0.2, 0) is 16.2 Å². The van der Waals surface area contributed by atoms with Crippen molar-refractivity contribution in [2.75, 3.05) is 16.5 Å². The molecule has 7 aromatic rings. The molecule has 0 saturated heterocycles. The monoisotopic (exact) mass is 738 g/mol. The average molecular weight is 739 g/mol. The van der Waals surface area contributed by atoms with Gasteiger partial charge in [-0.25, -0.2) is 4.98 Å². The van der Waals surface area contributed by atoms with E-state index in [1.165, 1.54) is 44.7 Å². The molecule has 5 heteroatoms. The van der Waals surface area contributed by atoms with E-state index in [1.807, 2.05) is 6.20 Å². The van der Waals surface area contributed by atoms with Gasteiger partial charge in [-0.15, -0.1) is 0 Å². The summed E-state index contributed by atoms with van der Waals surface area (Å²) in [6.07, 6.45) is 1.94. The minimum Gasteiger partial charge on any atom is -0.457 e. The van der Waals surface area contributed by atoms with Crippen molar-refractivity contribution in [2.45, 2.75) is 85.5 Å². The summed E-state index contributed by atoms with van der Waals surface area (Å²) in [6.45, 7) is 23.3. The fourth-order valence-electron chi connectivity index (χ4n) is 8.01. The molecule has 5 aromatic carbocycles. The molecular formula is C51H54N4O. The van der Waals surface area contributed by atoms with Crippen molar-refractivity contribution in [3.8, 4) is 17.3 Å². The van der Waals surface area contributed by atoms with Gasteiger partial charge in [-0.05, 0) is 102 Å². The second-order valence-corrected chi connectivity index (χ2v) is 18.0. The van der Waals surface area contributed by atoms with E-state index < -0.39 is 0 Å². The third-order valence-electron chi connectivity index (χ3n) is 11.8. The van der Waals surface area contributed by atoms with Crippen LogP contribution in [0.15, 0.2) is 145 Å². The van der Waals surface area contributed by atoms with Crippen molar-refractivity contribution in [2.24, 2.45) is 0 Å². The molecule has 5 nitrogen and oxygen atoms in total. The van der Waals surface area contributed by atoms with Gasteiger partial charge in [0.25, 0.3) is 0 Å². The first-order valence-electron chi connectivity index (χ1n) is 19.8. The molecule has 0 aliphatic carbocycles. The zero-order chi connectivity index (χ0) is 39.6. The lowest BCUT2D eigenvalue weighted by Crippen LogP contribution is -2.27. The van der Waals surface area contributed by atoms with Gasteiger partial charge < -0.3 is 14.5 Å². The van der Waals surface area contributed by atoms with E-state index in [0.29, 0.717) is 0 Å². The third-order valence-corrected chi connectivity index (χ3v) is 11.8. The van der Waals surface area contributed by atoms with E-state index in [9.17, 15) is 0 Å². The largest absolute Gasteiger partial charge is 0.457 e. The Hall–Kier alpha value is -5.81. The smallest absolute Gasteiger partial charge is 0.137 e. The van der Waals surface area contributed by atoms with Crippen molar-refractivity contribution in [3.05, 3.63) is 167 Å². The zero-order valence-electron chi connectivity index (χ0n) is 34.6. The van der Waals surface area contributed by atoms with Crippen LogP contribution in [-0.4, -0.2) is 16.2 Å². The standard InChI is InChI=1S/C51H54N4O/c1-34-35(2)54(33-53(34)40-22-20-36(21-23-40)49(3,4)5)41-28-39(50(6,7)8)29-43(31-41)56-42-24-25-45-44-18-14-15-19-46(44)55(47(45)32-42)48-30-38(26-27-52-48)51(9,10)37-16-12-11-13-17-37/h11-32H,33H2,1-10H3. The van der Waals surface area contributed by atoms with Crippen LogP contribution >= 0.6 is 0 Å². The molecule has 0 fully saturated rings. The summed E-state index contributed by atoms with van der Waals surface area (Å²) >= 11 is 0. The zero-order valence-corrected chi connectivity index (χ0v) is 34.6. The lowest BCUT2D eigenvalue weighted by molar-refractivity contribution is 0.479. The quantitative estimate of drug-likeness (QED) is 0.163. The first-order valence-corrected chi connectivity index (χ1v) is 19.8. The normalized spacial score (nSPS) is 14.0. The van der Waals surface area contributed by atoms with E-state index in [4.69, 9.17) is 9.72 Å². The molecule has 0 spiro atoms. The second kappa shape index (κ2) is 13.7. The maximum atomic E-state index is 6.87. The summed E-state index contributed by atoms with van der Waals surface area (Å²) in [5.41, 5.74) is 11.9. The number of allylic oxidation sites excluding steroid dienone is 2. The molecule has 3 heterocycles.